The standard InChI is InChI=1S/C16H19N5.C14H18N4.2C2H6.2CH4/c1-9-5-6-12(10(2)7-9)19-16-20-14(17-4)13-11(3)8-18-15(13)21-16;1-9-5-6-12(10(2)7-9)17-14-16-8-11(3)13(15-4)18-14;2*1-2;;/h5-8H,1-4H3,(H3,17,18,19,20,21);5-8H,1-4H3,(H2,15,16,17,18);2*1-2H3;2*1H4. The van der Waals surface area contributed by atoms with Crippen LogP contribution in [-0.2, 0) is 0 Å². The summed E-state index contributed by atoms with van der Waals surface area (Å²) < 4.78 is 0. The number of aryl methyl sites for hydroxylation is 6. The average molecular weight is 616 g/mol. The van der Waals surface area contributed by atoms with E-state index < -0.39 is 0 Å². The quantitative estimate of drug-likeness (QED) is 0.128. The first-order chi connectivity index (χ1) is 20.7. The van der Waals surface area contributed by atoms with Crippen LogP contribution in [0.15, 0.2) is 48.8 Å². The van der Waals surface area contributed by atoms with Crippen LogP contribution in [0.3, 0.4) is 0 Å². The monoisotopic (exact) mass is 615 g/mol. The van der Waals surface area contributed by atoms with E-state index in [2.05, 4.69) is 104 Å². The Labute approximate surface area is 272 Å². The minimum Gasteiger partial charge on any atom is -0.373 e. The maximum Gasteiger partial charge on any atom is 0.231 e. The zero-order valence-corrected chi connectivity index (χ0v) is 27.9. The Bertz CT molecular complexity index is 1610. The van der Waals surface area contributed by atoms with Crippen molar-refractivity contribution < 1.29 is 0 Å². The molecule has 5 N–H and O–H groups in total. The summed E-state index contributed by atoms with van der Waals surface area (Å²) in [6, 6.07) is 12.5. The molecule has 0 unspecified atom stereocenters. The maximum absolute atomic E-state index is 4.56. The molecule has 0 aliphatic carbocycles. The number of nitrogens with one attached hydrogen (secondary N) is 5. The van der Waals surface area contributed by atoms with E-state index in [9.17, 15) is 0 Å². The third kappa shape index (κ3) is 10.8. The molecular weight excluding hydrogens is 558 g/mol. The van der Waals surface area contributed by atoms with Crippen LogP contribution >= 0.6 is 0 Å². The van der Waals surface area contributed by atoms with Crippen LogP contribution < -0.4 is 21.3 Å². The first kappa shape index (κ1) is 40.3. The molecule has 3 heterocycles. The van der Waals surface area contributed by atoms with Crippen LogP contribution in [0, 0.1) is 41.5 Å². The van der Waals surface area contributed by atoms with Gasteiger partial charge in [-0.25, -0.2) is 4.98 Å². The van der Waals surface area contributed by atoms with E-state index in [-0.39, 0.29) is 14.9 Å². The van der Waals surface area contributed by atoms with Crippen molar-refractivity contribution in [2.24, 2.45) is 0 Å². The average Bonchev–Trinajstić information content (AvgIpc) is 3.39. The van der Waals surface area contributed by atoms with Crippen LogP contribution in [0.25, 0.3) is 11.0 Å². The summed E-state index contributed by atoms with van der Waals surface area (Å²) in [6.07, 6.45) is 3.76. The molecule has 0 spiro atoms. The maximum atomic E-state index is 4.56. The molecule has 0 radical (unpaired) electrons. The van der Waals surface area contributed by atoms with Crippen molar-refractivity contribution >= 4 is 45.9 Å². The topological polar surface area (TPSA) is 115 Å². The van der Waals surface area contributed by atoms with Gasteiger partial charge in [0, 0.05) is 43.4 Å². The molecule has 0 saturated heterocycles. The number of hydrogen-bond acceptors (Lipinski definition) is 8. The van der Waals surface area contributed by atoms with E-state index in [0.29, 0.717) is 11.9 Å². The highest BCUT2D eigenvalue weighted by atomic mass is 15.2. The van der Waals surface area contributed by atoms with Crippen molar-refractivity contribution in [3.8, 4) is 0 Å². The summed E-state index contributed by atoms with van der Waals surface area (Å²) in [5.74, 6) is 2.86. The van der Waals surface area contributed by atoms with Gasteiger partial charge in [-0.1, -0.05) is 77.9 Å². The van der Waals surface area contributed by atoms with E-state index in [0.717, 1.165) is 45.2 Å². The fraction of sp³-hybridized carbons (Fsp3) is 0.389. The Hall–Kier alpha value is -4.66. The van der Waals surface area contributed by atoms with Gasteiger partial charge < -0.3 is 26.3 Å². The molecular formula is C36H57N9. The molecule has 0 saturated carbocycles. The summed E-state index contributed by atoms with van der Waals surface area (Å²) in [5.41, 5.74) is 9.90. The normalized spacial score (nSPS) is 9.42. The van der Waals surface area contributed by atoms with Crippen molar-refractivity contribution in [2.45, 2.75) is 84.1 Å². The van der Waals surface area contributed by atoms with E-state index >= 15 is 0 Å². The lowest BCUT2D eigenvalue weighted by Gasteiger charge is -2.11. The number of H-pyrrole nitrogens is 1. The predicted molar refractivity (Wildman–Crippen MR) is 199 cm³/mol. The van der Waals surface area contributed by atoms with Crippen LogP contribution in [0.2, 0.25) is 0 Å². The number of anilines is 6. The number of benzene rings is 2. The Kier molecular flexibility index (Phi) is 17.6. The number of aromatic nitrogens is 5. The van der Waals surface area contributed by atoms with Crippen LogP contribution in [0.4, 0.5) is 34.9 Å². The summed E-state index contributed by atoms with van der Waals surface area (Å²) in [4.78, 5) is 21.0. The smallest absolute Gasteiger partial charge is 0.231 e. The second kappa shape index (κ2) is 19.6. The molecule has 0 fully saturated rings. The van der Waals surface area contributed by atoms with Crippen molar-refractivity contribution in [3.63, 3.8) is 0 Å². The number of hydrogen-bond donors (Lipinski definition) is 5. The summed E-state index contributed by atoms with van der Waals surface area (Å²) >= 11 is 0. The highest BCUT2D eigenvalue weighted by molar-refractivity contribution is 5.91. The van der Waals surface area contributed by atoms with Crippen molar-refractivity contribution in [2.75, 3.05) is 35.4 Å². The highest BCUT2D eigenvalue weighted by Crippen LogP contribution is 2.27. The first-order valence-corrected chi connectivity index (χ1v) is 14.9. The number of nitrogens with zero attached hydrogens (tertiary/aromatic N) is 4. The van der Waals surface area contributed by atoms with Gasteiger partial charge >= 0.3 is 0 Å². The van der Waals surface area contributed by atoms with Gasteiger partial charge in [0.25, 0.3) is 0 Å². The fourth-order valence-corrected chi connectivity index (χ4v) is 4.33. The Morgan fingerprint density at radius 2 is 1.07 bits per heavy atom. The first-order valence-electron chi connectivity index (χ1n) is 14.9. The van der Waals surface area contributed by atoms with Crippen LogP contribution in [0.1, 0.15) is 75.9 Å². The SMILES string of the molecule is C.C.CC.CC.CNc1nc(Nc2ccc(C)cc2C)nc2[nH]cc(C)c12.CNc1nc(Nc2ccc(C)cc2C)ncc1C. The minimum absolute atomic E-state index is 0. The van der Waals surface area contributed by atoms with Gasteiger partial charge in [0.1, 0.15) is 17.3 Å². The minimum atomic E-state index is 0. The predicted octanol–water partition coefficient (Wildman–Crippen LogP) is 10.2. The molecule has 246 valence electrons. The van der Waals surface area contributed by atoms with Gasteiger partial charge in [0.2, 0.25) is 11.9 Å². The third-order valence-electron chi connectivity index (χ3n) is 6.43. The van der Waals surface area contributed by atoms with Crippen molar-refractivity contribution in [1.29, 1.82) is 0 Å². The lowest BCUT2D eigenvalue weighted by Crippen LogP contribution is -2.03. The van der Waals surface area contributed by atoms with Crippen LogP contribution in [0.5, 0.6) is 0 Å². The van der Waals surface area contributed by atoms with Gasteiger partial charge in [0.15, 0.2) is 0 Å². The Morgan fingerprint density at radius 3 is 1.56 bits per heavy atom. The van der Waals surface area contributed by atoms with Gasteiger partial charge in [-0.15, -0.1) is 0 Å². The number of aromatic amines is 1. The zero-order chi connectivity index (χ0) is 32.1. The summed E-state index contributed by atoms with van der Waals surface area (Å²) in [6.45, 7) is 20.3. The molecule has 9 heteroatoms. The Morgan fingerprint density at radius 1 is 0.578 bits per heavy atom. The molecule has 0 atom stereocenters. The second-order valence-corrected chi connectivity index (χ2v) is 9.70. The lowest BCUT2D eigenvalue weighted by molar-refractivity contribution is 1.12. The molecule has 3 aromatic heterocycles. The highest BCUT2D eigenvalue weighted by Gasteiger charge is 2.11. The lowest BCUT2D eigenvalue weighted by atomic mass is 10.1. The van der Waals surface area contributed by atoms with Crippen LogP contribution in [-0.4, -0.2) is 39.0 Å². The largest absolute Gasteiger partial charge is 0.373 e. The molecule has 0 bridgehead atoms. The Balaban J connectivity index is 0.000000752. The van der Waals surface area contributed by atoms with Gasteiger partial charge in [-0.05, 0) is 70.4 Å². The van der Waals surface area contributed by atoms with Crippen molar-refractivity contribution in [1.82, 2.24) is 24.9 Å². The van der Waals surface area contributed by atoms with E-state index in [1.165, 1.54) is 22.3 Å². The zero-order valence-electron chi connectivity index (χ0n) is 27.9. The number of fused-ring (bicyclic) bond motifs is 1. The second-order valence-electron chi connectivity index (χ2n) is 9.70. The summed E-state index contributed by atoms with van der Waals surface area (Å²) in [5, 5.41) is 13.8. The molecule has 9 nitrogen and oxygen atoms in total. The fourth-order valence-electron chi connectivity index (χ4n) is 4.33. The van der Waals surface area contributed by atoms with Gasteiger partial charge in [0.05, 0.1) is 5.39 Å². The molecule has 2 aromatic carbocycles. The van der Waals surface area contributed by atoms with Crippen molar-refractivity contribution in [3.05, 3.63) is 82.2 Å². The molecule has 0 aliphatic heterocycles. The van der Waals surface area contributed by atoms with Gasteiger partial charge in [-0.3, -0.25) is 0 Å². The number of rotatable bonds is 6. The van der Waals surface area contributed by atoms with E-state index in [1.54, 1.807) is 0 Å². The third-order valence-corrected chi connectivity index (χ3v) is 6.43. The summed E-state index contributed by atoms with van der Waals surface area (Å²) in [7, 11) is 3.73. The molecule has 0 aliphatic rings. The van der Waals surface area contributed by atoms with E-state index in [1.807, 2.05) is 74.1 Å². The van der Waals surface area contributed by atoms with E-state index in [4.69, 9.17) is 0 Å². The molecule has 5 rings (SSSR count). The molecule has 0 amide bonds. The van der Waals surface area contributed by atoms with Gasteiger partial charge in [-0.2, -0.15) is 15.0 Å². The molecule has 5 aromatic rings. The molecule has 45 heavy (non-hydrogen) atoms.